The molecule has 0 aliphatic carbocycles. The predicted octanol–water partition coefficient (Wildman–Crippen LogP) is 6.87. The fourth-order valence-corrected chi connectivity index (χ4v) is 8.07. The molecular weight excluding hydrogens is 588 g/mol. The van der Waals surface area contributed by atoms with Crippen LogP contribution in [0.5, 0.6) is 0 Å². The molecule has 0 aromatic carbocycles. The highest BCUT2D eigenvalue weighted by atomic mass is 32.2. The summed E-state index contributed by atoms with van der Waals surface area (Å²) in [7, 11) is -1.31. The van der Waals surface area contributed by atoms with Gasteiger partial charge in [-0.2, -0.15) is 0 Å². The summed E-state index contributed by atoms with van der Waals surface area (Å²) in [4.78, 5) is 18.1. The minimum atomic E-state index is -3.39. The van der Waals surface area contributed by atoms with Gasteiger partial charge >= 0.3 is 5.97 Å². The Hall–Kier alpha value is -2.89. The summed E-state index contributed by atoms with van der Waals surface area (Å²) in [5.41, 5.74) is 5.35. The number of fused-ring (bicyclic) bond motifs is 1. The van der Waals surface area contributed by atoms with Gasteiger partial charge < -0.3 is 9.64 Å². The maximum Gasteiger partial charge on any atom is 0.302 e. The molecule has 0 saturated carbocycles. The number of nitrogens with zero attached hydrogens (tertiary/aromatic N) is 4. The van der Waals surface area contributed by atoms with E-state index in [-0.39, 0.29) is 24.1 Å². The van der Waals surface area contributed by atoms with Crippen molar-refractivity contribution in [1.82, 2.24) is 13.7 Å². The number of hydrogen-bond acceptors (Lipinski definition) is 7. The summed E-state index contributed by atoms with van der Waals surface area (Å²) in [5.74, 6) is 0.659. The van der Waals surface area contributed by atoms with E-state index in [9.17, 15) is 17.6 Å². The Morgan fingerprint density at radius 2 is 1.95 bits per heavy atom. The van der Waals surface area contributed by atoms with Crippen LogP contribution in [0.25, 0.3) is 5.65 Å². The van der Waals surface area contributed by atoms with E-state index in [0.29, 0.717) is 19.5 Å². The zero-order chi connectivity index (χ0) is 31.1. The van der Waals surface area contributed by atoms with E-state index in [2.05, 4.69) is 53.1 Å². The molecule has 0 atom stereocenters. The van der Waals surface area contributed by atoms with Gasteiger partial charge in [0.15, 0.2) is 0 Å². The van der Waals surface area contributed by atoms with Crippen molar-refractivity contribution in [2.24, 2.45) is 0 Å². The van der Waals surface area contributed by atoms with Crippen LogP contribution in [0.4, 0.5) is 10.2 Å². The Morgan fingerprint density at radius 1 is 1.21 bits per heavy atom. The summed E-state index contributed by atoms with van der Waals surface area (Å²) in [6.45, 7) is 7.98. The smallest absolute Gasteiger partial charge is 0.302 e. The first-order chi connectivity index (χ1) is 20.5. The van der Waals surface area contributed by atoms with E-state index >= 15 is 0 Å². The van der Waals surface area contributed by atoms with Gasteiger partial charge in [-0.15, -0.1) is 0 Å². The largest absolute Gasteiger partial charge is 0.466 e. The summed E-state index contributed by atoms with van der Waals surface area (Å²) in [6, 6.07) is 4.18. The van der Waals surface area contributed by atoms with E-state index in [0.717, 1.165) is 59.9 Å². The lowest BCUT2D eigenvalue weighted by molar-refractivity contribution is -0.140. The van der Waals surface area contributed by atoms with Gasteiger partial charge in [0.25, 0.3) is 0 Å². The third-order valence-corrected chi connectivity index (χ3v) is 11.0. The number of pyridine rings is 1. The number of aryl methyl sites for hydroxylation is 1. The number of carbonyl (C=O) groups is 1. The Labute approximate surface area is 259 Å². The van der Waals surface area contributed by atoms with Crippen LogP contribution in [-0.2, 0) is 26.0 Å². The lowest BCUT2D eigenvalue weighted by Crippen LogP contribution is -2.39. The first kappa shape index (κ1) is 33.0. The topological polar surface area (TPSA) is 84.2 Å². The summed E-state index contributed by atoms with van der Waals surface area (Å²) in [5, 5.41) is 3.29. The van der Waals surface area contributed by atoms with Crippen LogP contribution in [0.15, 0.2) is 64.0 Å². The average Bonchev–Trinajstić information content (AvgIpc) is 3.17. The third kappa shape index (κ3) is 8.39. The quantitative estimate of drug-likeness (QED) is 0.152. The third-order valence-electron chi connectivity index (χ3n) is 7.96. The molecule has 0 spiro atoms. The number of hydrogen-bond donors (Lipinski definition) is 0. The van der Waals surface area contributed by atoms with Crippen molar-refractivity contribution in [1.29, 1.82) is 0 Å². The number of rotatable bonds is 11. The van der Waals surface area contributed by atoms with Crippen molar-refractivity contribution in [3.05, 3.63) is 75.2 Å². The van der Waals surface area contributed by atoms with Crippen LogP contribution >= 0.6 is 11.8 Å². The van der Waals surface area contributed by atoms with E-state index < -0.39 is 16.0 Å². The monoisotopic (exact) mass is 630 g/mol. The number of allylic oxidation sites excluding steroid dienone is 6. The molecule has 4 heterocycles. The zero-order valence-corrected chi connectivity index (χ0v) is 27.4. The van der Waals surface area contributed by atoms with Crippen LogP contribution in [0.2, 0.25) is 0 Å². The number of carbonyl (C=O) groups excluding carboxylic acids is 1. The van der Waals surface area contributed by atoms with E-state index in [4.69, 9.17) is 9.72 Å². The van der Waals surface area contributed by atoms with E-state index in [1.807, 2.05) is 13.0 Å². The number of esters is 1. The van der Waals surface area contributed by atoms with E-state index in [1.165, 1.54) is 31.1 Å². The molecule has 0 bridgehead atoms. The fraction of sp³-hybridized carbons (Fsp3) is 0.500. The van der Waals surface area contributed by atoms with Gasteiger partial charge in [-0.1, -0.05) is 36.9 Å². The van der Waals surface area contributed by atoms with Crippen molar-refractivity contribution >= 4 is 39.2 Å². The fourth-order valence-electron chi connectivity index (χ4n) is 5.53. The molecule has 2 aromatic heterocycles. The summed E-state index contributed by atoms with van der Waals surface area (Å²) < 4.78 is 47.5. The molecule has 2 aliphatic rings. The molecule has 8 nitrogen and oxygen atoms in total. The van der Waals surface area contributed by atoms with Crippen LogP contribution in [0, 0.1) is 0 Å². The molecule has 4 rings (SSSR count). The number of thioether (sulfide) groups is 1. The molecule has 1 saturated heterocycles. The Balaban J connectivity index is 1.49. The molecule has 1 fully saturated rings. The minimum Gasteiger partial charge on any atom is -0.466 e. The summed E-state index contributed by atoms with van der Waals surface area (Å²) >= 11 is 1.67. The highest BCUT2D eigenvalue weighted by Crippen LogP contribution is 2.36. The maximum atomic E-state index is 13.2. The van der Waals surface area contributed by atoms with Gasteiger partial charge in [-0.25, -0.2) is 22.1 Å². The summed E-state index contributed by atoms with van der Waals surface area (Å²) in [6.07, 6.45) is 12.1. The highest BCUT2D eigenvalue weighted by molar-refractivity contribution is 8.06. The van der Waals surface area contributed by atoms with Gasteiger partial charge in [0.2, 0.25) is 10.0 Å². The second-order valence-electron chi connectivity index (χ2n) is 11.1. The number of sulfonamides is 1. The molecule has 11 heteroatoms. The van der Waals surface area contributed by atoms with Gasteiger partial charge in [-0.3, -0.25) is 9.20 Å². The molecule has 0 unspecified atom stereocenters. The predicted molar refractivity (Wildman–Crippen MR) is 173 cm³/mol. The first-order valence-corrected chi connectivity index (χ1v) is 17.4. The van der Waals surface area contributed by atoms with Gasteiger partial charge in [0.1, 0.15) is 11.5 Å². The van der Waals surface area contributed by atoms with Gasteiger partial charge in [-0.05, 0) is 92.6 Å². The van der Waals surface area contributed by atoms with Crippen LogP contribution in [0.1, 0.15) is 77.0 Å². The molecular formula is C32H43FN4O4S2. The van der Waals surface area contributed by atoms with Crippen molar-refractivity contribution in [3.8, 4) is 0 Å². The number of imidazole rings is 1. The molecule has 0 radical (unpaired) electrons. The molecule has 43 heavy (non-hydrogen) atoms. The molecule has 2 aliphatic heterocycles. The number of halogens is 1. The lowest BCUT2D eigenvalue weighted by atomic mass is 9.91. The standard InChI is InChI=1S/C32H43FN4O4S2/c1-6-29-32(35(5)31-10-7-9-28(22-42-31)23(2)11-12-24(3)33)37-21-27(13-14-30(37)34-29)26-15-17-36(18-16-26)43(39,40)20-8-19-41-25(4)38/h10-14,21-22,26H,6-9,15-20H2,1-5H3/b23-11+,24-12+. The van der Waals surface area contributed by atoms with Crippen LogP contribution in [-0.4, -0.2) is 60.6 Å². The number of piperidine rings is 1. The Morgan fingerprint density at radius 3 is 2.63 bits per heavy atom. The minimum absolute atomic E-state index is 0.0177. The van der Waals surface area contributed by atoms with Gasteiger partial charge in [0.05, 0.1) is 28.9 Å². The van der Waals surface area contributed by atoms with Gasteiger partial charge in [0, 0.05) is 33.3 Å². The van der Waals surface area contributed by atoms with Crippen LogP contribution in [0.3, 0.4) is 0 Å². The molecule has 0 amide bonds. The molecule has 234 valence electrons. The normalized spacial score (nSPS) is 17.9. The zero-order valence-electron chi connectivity index (χ0n) is 25.8. The molecule has 0 N–H and O–H groups in total. The molecule has 2 aromatic rings. The van der Waals surface area contributed by atoms with Crippen molar-refractivity contribution in [2.45, 2.75) is 72.1 Å². The van der Waals surface area contributed by atoms with Crippen LogP contribution < -0.4 is 4.90 Å². The Bertz CT molecular complexity index is 1550. The highest BCUT2D eigenvalue weighted by Gasteiger charge is 2.29. The maximum absolute atomic E-state index is 13.2. The van der Waals surface area contributed by atoms with Crippen molar-refractivity contribution in [2.75, 3.05) is 37.4 Å². The number of aromatic nitrogens is 2. The lowest BCUT2D eigenvalue weighted by Gasteiger charge is -2.31. The van der Waals surface area contributed by atoms with Crippen molar-refractivity contribution in [3.63, 3.8) is 0 Å². The number of ether oxygens (including phenoxy) is 1. The SMILES string of the molecule is CCc1nc2ccc(C3CCN(S(=O)(=O)CCCOC(C)=O)CC3)cn2c1N(C)C1=CCCC(/C(C)=C/C=C(\C)F)=CS1. The second-order valence-corrected chi connectivity index (χ2v) is 14.1. The number of anilines is 1. The Kier molecular flexibility index (Phi) is 11.3. The first-order valence-electron chi connectivity index (χ1n) is 14.9. The average molecular weight is 631 g/mol. The second kappa shape index (κ2) is 14.7. The van der Waals surface area contributed by atoms with E-state index in [1.54, 1.807) is 16.1 Å². The van der Waals surface area contributed by atoms with Crippen molar-refractivity contribution < 1.29 is 22.3 Å².